The summed E-state index contributed by atoms with van der Waals surface area (Å²) in [7, 11) is 1.78. The highest BCUT2D eigenvalue weighted by Crippen LogP contribution is 2.33. The molecule has 1 aliphatic heterocycles. The highest BCUT2D eigenvalue weighted by Gasteiger charge is 2.18. The molecular formula is C23H21ClN4O2. The van der Waals surface area contributed by atoms with Gasteiger partial charge in [-0.1, -0.05) is 29.8 Å². The summed E-state index contributed by atoms with van der Waals surface area (Å²) in [6.07, 6.45) is 0. The molecule has 0 aliphatic carbocycles. The van der Waals surface area contributed by atoms with E-state index in [1.807, 2.05) is 6.07 Å². The van der Waals surface area contributed by atoms with Gasteiger partial charge in [-0.15, -0.1) is 0 Å². The minimum Gasteiger partial charge on any atom is -0.453 e. The van der Waals surface area contributed by atoms with Gasteiger partial charge in [-0.2, -0.15) is 0 Å². The summed E-state index contributed by atoms with van der Waals surface area (Å²) in [5.41, 5.74) is 3.92. The van der Waals surface area contributed by atoms with Crippen LogP contribution in [-0.4, -0.2) is 38.2 Å². The Hall–Kier alpha value is -3.09. The molecule has 4 aromatic rings. The van der Waals surface area contributed by atoms with E-state index < -0.39 is 0 Å². The van der Waals surface area contributed by atoms with Gasteiger partial charge in [-0.3, -0.25) is 4.79 Å². The standard InChI is InChI=1S/C23H21ClN4O2/c1-25-19-13-16(14-5-7-15(8-6-14)28-11-9-26-10-12-28)23-21(27-19)22(29)20-17(24)3-2-4-18(20)30-23/h2-8,13,26H,9-12H2,1H3,(H,25,27). The van der Waals surface area contributed by atoms with Crippen LogP contribution in [0.1, 0.15) is 0 Å². The molecule has 0 radical (unpaired) electrons. The normalized spacial score (nSPS) is 14.4. The van der Waals surface area contributed by atoms with E-state index in [9.17, 15) is 4.79 Å². The van der Waals surface area contributed by atoms with E-state index in [1.165, 1.54) is 5.69 Å². The molecule has 2 aromatic carbocycles. The van der Waals surface area contributed by atoms with Gasteiger partial charge >= 0.3 is 0 Å². The molecule has 2 aromatic heterocycles. The Bertz CT molecular complexity index is 1290. The number of pyridine rings is 1. The molecule has 1 saturated heterocycles. The highest BCUT2D eigenvalue weighted by molar-refractivity contribution is 6.35. The van der Waals surface area contributed by atoms with Crippen LogP contribution in [-0.2, 0) is 0 Å². The molecule has 2 N–H and O–H groups in total. The van der Waals surface area contributed by atoms with E-state index in [0.29, 0.717) is 27.4 Å². The molecule has 3 heterocycles. The van der Waals surface area contributed by atoms with Crippen LogP contribution in [0, 0.1) is 0 Å². The summed E-state index contributed by atoms with van der Waals surface area (Å²) in [6.45, 7) is 3.96. The zero-order chi connectivity index (χ0) is 20.7. The molecule has 5 rings (SSSR count). The number of rotatable bonds is 3. The van der Waals surface area contributed by atoms with Crippen molar-refractivity contribution in [1.29, 1.82) is 0 Å². The third-order valence-electron chi connectivity index (χ3n) is 5.52. The first-order valence-electron chi connectivity index (χ1n) is 9.95. The maximum Gasteiger partial charge on any atom is 0.220 e. The Morgan fingerprint density at radius 3 is 2.63 bits per heavy atom. The molecule has 0 saturated carbocycles. The minimum absolute atomic E-state index is 0.229. The maximum absolute atomic E-state index is 13.2. The second-order valence-electron chi connectivity index (χ2n) is 7.31. The second kappa shape index (κ2) is 7.63. The van der Waals surface area contributed by atoms with Crippen molar-refractivity contribution < 1.29 is 4.42 Å². The van der Waals surface area contributed by atoms with E-state index in [-0.39, 0.29) is 10.9 Å². The minimum atomic E-state index is -0.229. The van der Waals surface area contributed by atoms with Gasteiger partial charge in [0.25, 0.3) is 0 Å². The Morgan fingerprint density at radius 1 is 1.13 bits per heavy atom. The third-order valence-corrected chi connectivity index (χ3v) is 5.83. The van der Waals surface area contributed by atoms with Crippen LogP contribution in [0.4, 0.5) is 11.5 Å². The van der Waals surface area contributed by atoms with Gasteiger partial charge in [0, 0.05) is 44.5 Å². The molecule has 6 nitrogen and oxygen atoms in total. The van der Waals surface area contributed by atoms with E-state index in [1.54, 1.807) is 25.2 Å². The van der Waals surface area contributed by atoms with Gasteiger partial charge in [-0.25, -0.2) is 4.98 Å². The predicted octanol–water partition coefficient (Wildman–Crippen LogP) is 4.11. The molecule has 0 spiro atoms. The molecule has 0 unspecified atom stereocenters. The Labute approximate surface area is 178 Å². The van der Waals surface area contributed by atoms with Crippen molar-refractivity contribution in [2.24, 2.45) is 0 Å². The van der Waals surface area contributed by atoms with Gasteiger partial charge in [0.15, 0.2) is 11.1 Å². The first-order chi connectivity index (χ1) is 14.7. The number of benzene rings is 2. The van der Waals surface area contributed by atoms with Crippen LogP contribution in [0.3, 0.4) is 0 Å². The number of nitrogens with zero attached hydrogens (tertiary/aromatic N) is 2. The average Bonchev–Trinajstić information content (AvgIpc) is 2.79. The SMILES string of the molecule is CNc1cc(-c2ccc(N3CCNCC3)cc2)c2oc3cccc(Cl)c3c(=O)c2n1. The summed E-state index contributed by atoms with van der Waals surface area (Å²) in [5, 5.41) is 7.13. The van der Waals surface area contributed by atoms with Gasteiger partial charge in [0.2, 0.25) is 5.43 Å². The van der Waals surface area contributed by atoms with Gasteiger partial charge in [0.1, 0.15) is 11.4 Å². The lowest BCUT2D eigenvalue weighted by atomic mass is 10.0. The topological polar surface area (TPSA) is 70.4 Å². The van der Waals surface area contributed by atoms with Crippen LogP contribution in [0.2, 0.25) is 5.02 Å². The van der Waals surface area contributed by atoms with Gasteiger partial charge in [-0.05, 0) is 35.9 Å². The Morgan fingerprint density at radius 2 is 1.90 bits per heavy atom. The van der Waals surface area contributed by atoms with Crippen molar-refractivity contribution in [2.45, 2.75) is 0 Å². The zero-order valence-corrected chi connectivity index (χ0v) is 17.3. The molecule has 152 valence electrons. The summed E-state index contributed by atoms with van der Waals surface area (Å²) in [6, 6.07) is 15.5. The number of piperazine rings is 1. The molecule has 7 heteroatoms. The molecule has 1 aliphatic rings. The number of halogens is 1. The predicted molar refractivity (Wildman–Crippen MR) is 123 cm³/mol. The summed E-state index contributed by atoms with van der Waals surface area (Å²) in [5.74, 6) is 0.599. The Balaban J connectivity index is 1.70. The quantitative estimate of drug-likeness (QED) is 0.486. The largest absolute Gasteiger partial charge is 0.453 e. The monoisotopic (exact) mass is 420 g/mol. The molecule has 30 heavy (non-hydrogen) atoms. The lowest BCUT2D eigenvalue weighted by Gasteiger charge is -2.29. The van der Waals surface area contributed by atoms with Crippen LogP contribution in [0.5, 0.6) is 0 Å². The number of hydrogen-bond acceptors (Lipinski definition) is 6. The highest BCUT2D eigenvalue weighted by atomic mass is 35.5. The van der Waals surface area contributed by atoms with Crippen molar-refractivity contribution in [2.75, 3.05) is 43.4 Å². The summed E-state index contributed by atoms with van der Waals surface area (Å²) in [4.78, 5) is 20.0. The molecule has 1 fully saturated rings. The fourth-order valence-corrected chi connectivity index (χ4v) is 4.20. The third kappa shape index (κ3) is 3.18. The number of anilines is 2. The lowest BCUT2D eigenvalue weighted by Crippen LogP contribution is -2.43. The second-order valence-corrected chi connectivity index (χ2v) is 7.72. The molecule has 0 bridgehead atoms. The van der Waals surface area contributed by atoms with Gasteiger partial charge in [0.05, 0.1) is 10.4 Å². The number of nitrogens with one attached hydrogen (secondary N) is 2. The molecule has 0 atom stereocenters. The van der Waals surface area contributed by atoms with Crippen LogP contribution < -0.4 is 21.0 Å². The van der Waals surface area contributed by atoms with Gasteiger partial charge < -0.3 is 20.0 Å². The van der Waals surface area contributed by atoms with Crippen LogP contribution >= 0.6 is 11.6 Å². The van der Waals surface area contributed by atoms with Crippen molar-refractivity contribution >= 4 is 45.2 Å². The van der Waals surface area contributed by atoms with E-state index >= 15 is 0 Å². The van der Waals surface area contributed by atoms with E-state index in [0.717, 1.165) is 37.3 Å². The average molecular weight is 421 g/mol. The molecule has 0 amide bonds. The molecular weight excluding hydrogens is 400 g/mol. The fourth-order valence-electron chi connectivity index (χ4n) is 3.95. The first kappa shape index (κ1) is 18.9. The first-order valence-corrected chi connectivity index (χ1v) is 10.3. The van der Waals surface area contributed by atoms with Crippen molar-refractivity contribution in [3.8, 4) is 11.1 Å². The van der Waals surface area contributed by atoms with Crippen LogP contribution in [0.15, 0.2) is 57.7 Å². The van der Waals surface area contributed by atoms with Crippen LogP contribution in [0.25, 0.3) is 33.2 Å². The summed E-state index contributed by atoms with van der Waals surface area (Å²) >= 11 is 6.27. The van der Waals surface area contributed by atoms with Crippen molar-refractivity contribution in [3.63, 3.8) is 0 Å². The lowest BCUT2D eigenvalue weighted by molar-refractivity contribution is 0.589. The maximum atomic E-state index is 13.2. The van der Waals surface area contributed by atoms with E-state index in [2.05, 4.69) is 44.8 Å². The van der Waals surface area contributed by atoms with E-state index in [4.69, 9.17) is 16.0 Å². The fraction of sp³-hybridized carbons (Fsp3) is 0.217. The number of aromatic nitrogens is 1. The smallest absolute Gasteiger partial charge is 0.220 e. The Kier molecular flexibility index (Phi) is 4.81. The number of fused-ring (bicyclic) bond motifs is 2. The van der Waals surface area contributed by atoms with Crippen molar-refractivity contribution in [1.82, 2.24) is 10.3 Å². The van der Waals surface area contributed by atoms with Crippen molar-refractivity contribution in [3.05, 3.63) is 63.8 Å². The number of hydrogen-bond donors (Lipinski definition) is 2. The zero-order valence-electron chi connectivity index (χ0n) is 16.5. The summed E-state index contributed by atoms with van der Waals surface area (Å²) < 4.78 is 6.15.